The summed E-state index contributed by atoms with van der Waals surface area (Å²) in [7, 11) is -3.68. The molecule has 8 heteroatoms. The minimum atomic E-state index is -3.68. The first-order valence-electron chi connectivity index (χ1n) is 6.69. The van der Waals surface area contributed by atoms with Gasteiger partial charge in [0.25, 0.3) is 0 Å². The summed E-state index contributed by atoms with van der Waals surface area (Å²) in [5, 5.41) is 10.6. The van der Waals surface area contributed by atoms with Gasteiger partial charge in [-0.05, 0) is 30.5 Å². The van der Waals surface area contributed by atoms with Crippen LogP contribution in [-0.4, -0.2) is 33.7 Å². The van der Waals surface area contributed by atoms with E-state index in [1.165, 1.54) is 12.1 Å². The highest BCUT2D eigenvalue weighted by atomic mass is 32.2. The monoisotopic (exact) mass is 313 g/mol. The first-order valence-corrected chi connectivity index (χ1v) is 8.23. The molecular weight excluding hydrogens is 294 g/mol. The summed E-state index contributed by atoms with van der Waals surface area (Å²) in [6.45, 7) is 1.65. The van der Waals surface area contributed by atoms with Crippen molar-refractivity contribution in [3.63, 3.8) is 0 Å². The number of sulfonamides is 1. The van der Waals surface area contributed by atoms with Gasteiger partial charge in [0.05, 0.1) is 4.90 Å². The molecule has 1 aromatic rings. The molecule has 0 saturated carbocycles. The van der Waals surface area contributed by atoms with Gasteiger partial charge in [-0.3, -0.25) is 0 Å². The maximum Gasteiger partial charge on any atom is 0.315 e. The van der Waals surface area contributed by atoms with Gasteiger partial charge < -0.3 is 15.4 Å². The lowest BCUT2D eigenvalue weighted by Gasteiger charge is -2.23. The minimum Gasteiger partial charge on any atom is -0.381 e. The lowest BCUT2D eigenvalue weighted by Crippen LogP contribution is -2.44. The Kier molecular flexibility index (Phi) is 5.16. The Balaban J connectivity index is 1.81. The van der Waals surface area contributed by atoms with Gasteiger partial charge in [0.1, 0.15) is 0 Å². The van der Waals surface area contributed by atoms with E-state index in [-0.39, 0.29) is 17.0 Å². The van der Waals surface area contributed by atoms with E-state index in [1.54, 1.807) is 12.1 Å². The first kappa shape index (κ1) is 15.7. The fourth-order valence-corrected chi connectivity index (χ4v) is 2.57. The Bertz CT molecular complexity index is 580. The van der Waals surface area contributed by atoms with Gasteiger partial charge >= 0.3 is 6.03 Å². The van der Waals surface area contributed by atoms with Crippen molar-refractivity contribution in [2.24, 2.45) is 5.14 Å². The van der Waals surface area contributed by atoms with Crippen LogP contribution >= 0.6 is 0 Å². The van der Waals surface area contributed by atoms with Crippen LogP contribution in [0.2, 0.25) is 0 Å². The molecule has 0 unspecified atom stereocenters. The highest BCUT2D eigenvalue weighted by Crippen LogP contribution is 2.09. The van der Waals surface area contributed by atoms with Crippen molar-refractivity contribution >= 4 is 16.1 Å². The molecule has 1 aliphatic heterocycles. The molecule has 0 radical (unpaired) electrons. The minimum absolute atomic E-state index is 0.0536. The summed E-state index contributed by atoms with van der Waals surface area (Å²) in [5.41, 5.74) is 0.796. The summed E-state index contributed by atoms with van der Waals surface area (Å²) in [6.07, 6.45) is 1.63. The number of hydrogen-bond donors (Lipinski definition) is 3. The average Bonchev–Trinajstić information content (AvgIpc) is 2.46. The van der Waals surface area contributed by atoms with E-state index < -0.39 is 10.0 Å². The molecule has 1 heterocycles. The predicted octanol–water partition coefficient (Wildman–Crippen LogP) is 0.312. The molecule has 1 saturated heterocycles. The molecule has 0 aliphatic carbocycles. The normalized spacial score (nSPS) is 16.4. The van der Waals surface area contributed by atoms with Gasteiger partial charge in [-0.15, -0.1) is 0 Å². The van der Waals surface area contributed by atoms with Gasteiger partial charge in [0.2, 0.25) is 10.0 Å². The molecule has 0 aromatic heterocycles. The molecule has 2 rings (SSSR count). The number of amides is 2. The average molecular weight is 313 g/mol. The van der Waals surface area contributed by atoms with E-state index in [9.17, 15) is 13.2 Å². The molecule has 4 N–H and O–H groups in total. The van der Waals surface area contributed by atoms with Gasteiger partial charge in [0, 0.05) is 25.8 Å². The second kappa shape index (κ2) is 6.88. The molecule has 2 amide bonds. The smallest absolute Gasteiger partial charge is 0.315 e. The van der Waals surface area contributed by atoms with Crippen LogP contribution in [0.15, 0.2) is 29.2 Å². The lowest BCUT2D eigenvalue weighted by atomic mass is 10.1. The molecule has 0 bridgehead atoms. The topological polar surface area (TPSA) is 111 Å². The van der Waals surface area contributed by atoms with Crippen molar-refractivity contribution < 1.29 is 17.9 Å². The summed E-state index contributed by atoms with van der Waals surface area (Å²) >= 11 is 0. The third-order valence-electron chi connectivity index (χ3n) is 3.26. The van der Waals surface area contributed by atoms with Crippen LogP contribution in [0.25, 0.3) is 0 Å². The van der Waals surface area contributed by atoms with Crippen molar-refractivity contribution in [3.05, 3.63) is 29.8 Å². The van der Waals surface area contributed by atoms with Crippen LogP contribution in [0.5, 0.6) is 0 Å². The van der Waals surface area contributed by atoms with Gasteiger partial charge in [0.15, 0.2) is 0 Å². The maximum absolute atomic E-state index is 11.7. The van der Waals surface area contributed by atoms with Crippen LogP contribution in [0.1, 0.15) is 18.4 Å². The Morgan fingerprint density at radius 1 is 1.24 bits per heavy atom. The van der Waals surface area contributed by atoms with E-state index in [4.69, 9.17) is 9.88 Å². The maximum atomic E-state index is 11.7. The second-order valence-electron chi connectivity index (χ2n) is 4.90. The van der Waals surface area contributed by atoms with Crippen molar-refractivity contribution in [2.45, 2.75) is 30.3 Å². The van der Waals surface area contributed by atoms with Gasteiger partial charge in [-0.1, -0.05) is 12.1 Å². The zero-order valence-electron chi connectivity index (χ0n) is 11.5. The molecular formula is C13H19N3O4S. The van der Waals surface area contributed by atoms with Crippen LogP contribution in [0.4, 0.5) is 4.79 Å². The van der Waals surface area contributed by atoms with Gasteiger partial charge in [-0.2, -0.15) is 0 Å². The Labute approximate surface area is 123 Å². The molecule has 1 fully saturated rings. The van der Waals surface area contributed by atoms with E-state index >= 15 is 0 Å². The molecule has 116 valence electrons. The standard InChI is InChI=1S/C13H19N3O4S/c14-21(18,19)12-3-1-10(2-4-12)9-15-13(17)16-11-5-7-20-8-6-11/h1-4,11H,5-9H2,(H2,14,18,19)(H2,15,16,17). The fourth-order valence-electron chi connectivity index (χ4n) is 2.06. The zero-order valence-corrected chi connectivity index (χ0v) is 12.4. The quantitative estimate of drug-likeness (QED) is 0.743. The number of carbonyl (C=O) groups excluding carboxylic acids is 1. The SMILES string of the molecule is NS(=O)(=O)c1ccc(CNC(=O)NC2CCOCC2)cc1. The number of primary sulfonamides is 1. The van der Waals surface area contributed by atoms with Crippen LogP contribution in [0.3, 0.4) is 0 Å². The number of hydrogen-bond acceptors (Lipinski definition) is 4. The van der Waals surface area contributed by atoms with Crippen molar-refractivity contribution in [2.75, 3.05) is 13.2 Å². The number of nitrogens with two attached hydrogens (primary N) is 1. The third-order valence-corrected chi connectivity index (χ3v) is 4.19. The Morgan fingerprint density at radius 2 is 1.86 bits per heavy atom. The van der Waals surface area contributed by atoms with E-state index in [0.717, 1.165) is 18.4 Å². The summed E-state index contributed by atoms with van der Waals surface area (Å²) in [4.78, 5) is 11.8. The number of benzene rings is 1. The molecule has 7 nitrogen and oxygen atoms in total. The summed E-state index contributed by atoms with van der Waals surface area (Å²) < 4.78 is 27.5. The Morgan fingerprint density at radius 3 is 2.43 bits per heavy atom. The number of rotatable bonds is 4. The number of ether oxygens (including phenoxy) is 1. The molecule has 0 spiro atoms. The largest absolute Gasteiger partial charge is 0.381 e. The van der Waals surface area contributed by atoms with E-state index in [2.05, 4.69) is 10.6 Å². The second-order valence-corrected chi connectivity index (χ2v) is 6.46. The molecule has 21 heavy (non-hydrogen) atoms. The van der Waals surface area contributed by atoms with Crippen LogP contribution in [0, 0.1) is 0 Å². The lowest BCUT2D eigenvalue weighted by molar-refractivity contribution is 0.0801. The number of nitrogens with one attached hydrogen (secondary N) is 2. The van der Waals surface area contributed by atoms with Crippen molar-refractivity contribution in [3.8, 4) is 0 Å². The highest BCUT2D eigenvalue weighted by Gasteiger charge is 2.15. The predicted molar refractivity (Wildman–Crippen MR) is 77.0 cm³/mol. The van der Waals surface area contributed by atoms with Crippen LogP contribution < -0.4 is 15.8 Å². The molecule has 1 aromatic carbocycles. The fraction of sp³-hybridized carbons (Fsp3) is 0.462. The third kappa shape index (κ3) is 5.00. The summed E-state index contributed by atoms with van der Waals surface area (Å²) in [6, 6.07) is 5.98. The number of urea groups is 1. The Hall–Kier alpha value is -1.64. The van der Waals surface area contributed by atoms with E-state index in [1.807, 2.05) is 0 Å². The zero-order chi connectivity index (χ0) is 15.3. The number of carbonyl (C=O) groups is 1. The summed E-state index contributed by atoms with van der Waals surface area (Å²) in [5.74, 6) is 0. The van der Waals surface area contributed by atoms with Crippen LogP contribution in [-0.2, 0) is 21.3 Å². The first-order chi connectivity index (χ1) is 9.95. The highest BCUT2D eigenvalue weighted by molar-refractivity contribution is 7.89. The van der Waals surface area contributed by atoms with E-state index in [0.29, 0.717) is 19.8 Å². The molecule has 0 atom stereocenters. The van der Waals surface area contributed by atoms with Crippen molar-refractivity contribution in [1.82, 2.24) is 10.6 Å². The van der Waals surface area contributed by atoms with Crippen molar-refractivity contribution in [1.29, 1.82) is 0 Å². The van der Waals surface area contributed by atoms with Gasteiger partial charge in [-0.25, -0.2) is 18.4 Å². The molecule has 1 aliphatic rings.